The van der Waals surface area contributed by atoms with Crippen LogP contribution in [0.2, 0.25) is 0 Å². The van der Waals surface area contributed by atoms with E-state index < -0.39 is 6.10 Å². The SMILES string of the molecule is OC[C@H]1[C@@H](O)C(c2ccccc2)=C2CCC[C@@H]21. The van der Waals surface area contributed by atoms with Crippen LogP contribution in [0.1, 0.15) is 24.8 Å². The summed E-state index contributed by atoms with van der Waals surface area (Å²) in [5, 5.41) is 19.9. The molecule has 90 valence electrons. The molecule has 0 spiro atoms. The van der Waals surface area contributed by atoms with Crippen molar-refractivity contribution in [3.05, 3.63) is 41.5 Å². The Morgan fingerprint density at radius 3 is 2.65 bits per heavy atom. The van der Waals surface area contributed by atoms with E-state index in [1.54, 1.807) is 0 Å². The van der Waals surface area contributed by atoms with Crippen molar-refractivity contribution in [1.29, 1.82) is 0 Å². The molecule has 0 saturated heterocycles. The summed E-state index contributed by atoms with van der Waals surface area (Å²) in [4.78, 5) is 0. The molecule has 1 aromatic rings. The van der Waals surface area contributed by atoms with Crippen LogP contribution in [0.25, 0.3) is 5.57 Å². The maximum absolute atomic E-state index is 10.4. The Bertz CT molecular complexity index is 435. The third-order valence-corrected chi connectivity index (χ3v) is 4.27. The van der Waals surface area contributed by atoms with E-state index in [-0.39, 0.29) is 12.5 Å². The summed E-state index contributed by atoms with van der Waals surface area (Å²) >= 11 is 0. The summed E-state index contributed by atoms with van der Waals surface area (Å²) in [6.07, 6.45) is 2.92. The lowest BCUT2D eigenvalue weighted by Gasteiger charge is -2.19. The number of allylic oxidation sites excluding steroid dienone is 1. The van der Waals surface area contributed by atoms with Crippen molar-refractivity contribution in [3.63, 3.8) is 0 Å². The van der Waals surface area contributed by atoms with Gasteiger partial charge in [-0.2, -0.15) is 0 Å². The van der Waals surface area contributed by atoms with Crippen LogP contribution >= 0.6 is 0 Å². The van der Waals surface area contributed by atoms with Crippen LogP contribution in [-0.4, -0.2) is 22.9 Å². The predicted molar refractivity (Wildman–Crippen MR) is 67.3 cm³/mol. The first kappa shape index (κ1) is 11.0. The van der Waals surface area contributed by atoms with Crippen molar-refractivity contribution < 1.29 is 10.2 Å². The van der Waals surface area contributed by atoms with Crippen LogP contribution in [0.5, 0.6) is 0 Å². The van der Waals surface area contributed by atoms with Gasteiger partial charge in [-0.05, 0) is 36.3 Å². The van der Waals surface area contributed by atoms with E-state index in [1.165, 1.54) is 12.0 Å². The van der Waals surface area contributed by atoms with Gasteiger partial charge in [-0.25, -0.2) is 0 Å². The maximum atomic E-state index is 10.4. The second kappa shape index (κ2) is 4.28. The number of hydrogen-bond donors (Lipinski definition) is 2. The molecule has 2 nitrogen and oxygen atoms in total. The summed E-state index contributed by atoms with van der Waals surface area (Å²) in [5.41, 5.74) is 3.60. The van der Waals surface area contributed by atoms with E-state index in [0.717, 1.165) is 24.0 Å². The van der Waals surface area contributed by atoms with Crippen molar-refractivity contribution in [2.75, 3.05) is 6.61 Å². The normalized spacial score (nSPS) is 32.0. The lowest BCUT2D eigenvalue weighted by atomic mass is 9.91. The van der Waals surface area contributed by atoms with E-state index >= 15 is 0 Å². The lowest BCUT2D eigenvalue weighted by Crippen LogP contribution is -2.25. The van der Waals surface area contributed by atoms with E-state index in [0.29, 0.717) is 5.92 Å². The van der Waals surface area contributed by atoms with Crippen molar-refractivity contribution in [1.82, 2.24) is 0 Å². The van der Waals surface area contributed by atoms with E-state index in [1.807, 2.05) is 18.2 Å². The second-order valence-electron chi connectivity index (χ2n) is 5.09. The third kappa shape index (κ3) is 1.63. The topological polar surface area (TPSA) is 40.5 Å². The molecule has 2 aliphatic carbocycles. The molecule has 1 fully saturated rings. The van der Waals surface area contributed by atoms with Crippen LogP contribution < -0.4 is 0 Å². The van der Waals surface area contributed by atoms with Gasteiger partial charge in [-0.3, -0.25) is 0 Å². The fourth-order valence-electron chi connectivity index (χ4n) is 3.50. The summed E-state index contributed by atoms with van der Waals surface area (Å²) < 4.78 is 0. The molecule has 0 aliphatic heterocycles. The molecule has 1 aromatic carbocycles. The monoisotopic (exact) mass is 230 g/mol. The first-order chi connectivity index (χ1) is 8.33. The first-order valence-electron chi connectivity index (χ1n) is 6.40. The Hall–Kier alpha value is -1.12. The van der Waals surface area contributed by atoms with Crippen molar-refractivity contribution in [2.24, 2.45) is 11.8 Å². The van der Waals surface area contributed by atoms with Crippen molar-refractivity contribution >= 4 is 5.57 Å². The standard InChI is InChI=1S/C15H18O2/c16-9-13-11-7-4-8-12(11)14(15(13)17)10-5-2-1-3-6-10/h1-3,5-6,11,13,15-17H,4,7-9H2/t11-,13+,15+/m0/s1. The molecular formula is C15H18O2. The molecule has 2 N–H and O–H groups in total. The van der Waals surface area contributed by atoms with Gasteiger partial charge in [0.05, 0.1) is 6.10 Å². The molecule has 0 aromatic heterocycles. The zero-order valence-corrected chi connectivity index (χ0v) is 9.84. The van der Waals surface area contributed by atoms with Gasteiger partial charge in [0.1, 0.15) is 0 Å². The average molecular weight is 230 g/mol. The number of rotatable bonds is 2. The smallest absolute Gasteiger partial charge is 0.0851 e. The summed E-state index contributed by atoms with van der Waals surface area (Å²) in [6.45, 7) is 0.0890. The van der Waals surface area contributed by atoms with Crippen LogP contribution in [0.15, 0.2) is 35.9 Å². The second-order valence-corrected chi connectivity index (χ2v) is 5.09. The van der Waals surface area contributed by atoms with Crippen molar-refractivity contribution in [3.8, 4) is 0 Å². The van der Waals surface area contributed by atoms with Gasteiger partial charge in [-0.1, -0.05) is 35.9 Å². The summed E-state index contributed by atoms with van der Waals surface area (Å²) in [6, 6.07) is 10.1. The van der Waals surface area contributed by atoms with Gasteiger partial charge >= 0.3 is 0 Å². The molecule has 17 heavy (non-hydrogen) atoms. The molecular weight excluding hydrogens is 212 g/mol. The van der Waals surface area contributed by atoms with Crippen LogP contribution in [0.4, 0.5) is 0 Å². The highest BCUT2D eigenvalue weighted by Crippen LogP contribution is 2.50. The van der Waals surface area contributed by atoms with Gasteiger partial charge < -0.3 is 10.2 Å². The Balaban J connectivity index is 2.05. The zero-order chi connectivity index (χ0) is 11.8. The number of aliphatic hydroxyl groups excluding tert-OH is 2. The Labute approximate surface area is 102 Å². The van der Waals surface area contributed by atoms with Gasteiger partial charge in [0, 0.05) is 12.5 Å². The number of benzene rings is 1. The quantitative estimate of drug-likeness (QED) is 0.818. The summed E-state index contributed by atoms with van der Waals surface area (Å²) in [7, 11) is 0. The Kier molecular flexibility index (Phi) is 2.77. The molecule has 1 saturated carbocycles. The van der Waals surface area contributed by atoms with Crippen LogP contribution in [0.3, 0.4) is 0 Å². The molecule has 0 radical (unpaired) electrons. The van der Waals surface area contributed by atoms with E-state index in [4.69, 9.17) is 0 Å². The highest BCUT2D eigenvalue weighted by molar-refractivity contribution is 5.75. The van der Waals surface area contributed by atoms with Gasteiger partial charge in [-0.15, -0.1) is 0 Å². The van der Waals surface area contributed by atoms with Gasteiger partial charge in [0.15, 0.2) is 0 Å². The predicted octanol–water partition coefficient (Wildman–Crippen LogP) is 2.22. The average Bonchev–Trinajstić information content (AvgIpc) is 2.89. The minimum absolute atomic E-state index is 0.0164. The summed E-state index contributed by atoms with van der Waals surface area (Å²) in [5.74, 6) is 0.424. The molecule has 0 unspecified atom stereocenters. The Morgan fingerprint density at radius 1 is 1.18 bits per heavy atom. The molecule has 3 rings (SSSR count). The zero-order valence-electron chi connectivity index (χ0n) is 9.84. The van der Waals surface area contributed by atoms with E-state index in [2.05, 4.69) is 12.1 Å². The fourth-order valence-corrected chi connectivity index (χ4v) is 3.50. The van der Waals surface area contributed by atoms with Crippen LogP contribution in [0, 0.1) is 11.8 Å². The third-order valence-electron chi connectivity index (χ3n) is 4.27. The maximum Gasteiger partial charge on any atom is 0.0851 e. The van der Waals surface area contributed by atoms with Crippen molar-refractivity contribution in [2.45, 2.75) is 25.4 Å². The minimum Gasteiger partial charge on any atom is -0.396 e. The number of fused-ring (bicyclic) bond motifs is 1. The minimum atomic E-state index is -0.484. The van der Waals surface area contributed by atoms with E-state index in [9.17, 15) is 10.2 Å². The largest absolute Gasteiger partial charge is 0.396 e. The molecule has 0 amide bonds. The van der Waals surface area contributed by atoms with Crippen LogP contribution in [-0.2, 0) is 0 Å². The number of hydrogen-bond acceptors (Lipinski definition) is 2. The molecule has 0 heterocycles. The molecule has 3 atom stereocenters. The highest BCUT2D eigenvalue weighted by atomic mass is 16.3. The molecule has 2 heteroatoms. The first-order valence-corrected chi connectivity index (χ1v) is 6.40. The fraction of sp³-hybridized carbons (Fsp3) is 0.467. The lowest BCUT2D eigenvalue weighted by molar-refractivity contribution is 0.0915. The van der Waals surface area contributed by atoms with Gasteiger partial charge in [0.25, 0.3) is 0 Å². The van der Waals surface area contributed by atoms with Gasteiger partial charge in [0.2, 0.25) is 0 Å². The highest BCUT2D eigenvalue weighted by Gasteiger charge is 2.43. The number of aliphatic hydroxyl groups is 2. The Morgan fingerprint density at radius 2 is 1.94 bits per heavy atom. The molecule has 0 bridgehead atoms. The molecule has 2 aliphatic rings.